The molecule has 1 saturated carbocycles. The molecule has 0 atom stereocenters. The maximum atomic E-state index is 14.0. The van der Waals surface area contributed by atoms with Crippen LogP contribution in [-0.4, -0.2) is 105 Å². The Morgan fingerprint density at radius 3 is 2.42 bits per heavy atom. The molecule has 0 spiro atoms. The number of anilines is 2. The highest BCUT2D eigenvalue weighted by Crippen LogP contribution is 2.44. The predicted octanol–water partition coefficient (Wildman–Crippen LogP) is 9.48. The number of nitrogens with zero attached hydrogens (tertiary/aromatic N) is 4. The van der Waals surface area contributed by atoms with Crippen LogP contribution in [0.3, 0.4) is 0 Å². The monoisotopic (exact) mass is 935 g/mol. The Kier molecular flexibility index (Phi) is 13.4. The number of amides is 1. The lowest BCUT2D eigenvalue weighted by atomic mass is 9.72. The minimum atomic E-state index is -4.56. The molecular weight excluding hydrogens is 878 g/mol. The van der Waals surface area contributed by atoms with Crippen molar-refractivity contribution in [3.05, 3.63) is 123 Å². The van der Waals surface area contributed by atoms with Crippen LogP contribution >= 0.6 is 11.6 Å². The number of nitro groups is 1. The first-order chi connectivity index (χ1) is 31.8. The van der Waals surface area contributed by atoms with E-state index in [-0.39, 0.29) is 34.1 Å². The van der Waals surface area contributed by atoms with Crippen LogP contribution in [0, 0.1) is 15.5 Å². The second-order valence-electron chi connectivity index (χ2n) is 18.9. The molecule has 4 aliphatic rings. The SMILES string of the molecule is CC1(C)CCC(CN2CCN(c3ccc(C(=O)NS(=O)(=O)c4ccc(N[C@H]5CC[C@H](N6CCOCC6)CC5)c([N+](=O)[O-])c4)c(Oc4ccc5[nH]ccc5c4)c3)CC2)=C(c2ccc(Cl)cc2)C1. The lowest BCUT2D eigenvalue weighted by molar-refractivity contribution is -0.384. The number of carbonyl (C=O) groups is 1. The number of sulfonamides is 1. The molecule has 2 aliphatic heterocycles. The summed E-state index contributed by atoms with van der Waals surface area (Å²) in [6, 6.07) is 25.0. The Balaban J connectivity index is 0.904. The predicted molar refractivity (Wildman–Crippen MR) is 259 cm³/mol. The average molecular weight is 937 g/mol. The third kappa shape index (κ3) is 10.6. The molecule has 66 heavy (non-hydrogen) atoms. The lowest BCUT2D eigenvalue weighted by Gasteiger charge is -2.39. The van der Waals surface area contributed by atoms with Gasteiger partial charge >= 0.3 is 0 Å². The molecule has 5 aromatic rings. The number of nitro benzene ring substituents is 1. The van der Waals surface area contributed by atoms with Gasteiger partial charge in [-0.3, -0.25) is 24.7 Å². The van der Waals surface area contributed by atoms with Gasteiger partial charge in [0.2, 0.25) is 0 Å². The number of halogens is 1. The maximum Gasteiger partial charge on any atom is 0.293 e. The summed E-state index contributed by atoms with van der Waals surface area (Å²) in [5, 5.41) is 17.3. The van der Waals surface area contributed by atoms with E-state index in [0.29, 0.717) is 11.8 Å². The number of nitrogens with one attached hydrogen (secondary N) is 3. The van der Waals surface area contributed by atoms with Gasteiger partial charge in [-0.05, 0) is 122 Å². The first kappa shape index (κ1) is 45.7. The largest absolute Gasteiger partial charge is 0.456 e. The van der Waals surface area contributed by atoms with Crippen molar-refractivity contribution in [3.8, 4) is 11.5 Å². The molecule has 0 unspecified atom stereocenters. The van der Waals surface area contributed by atoms with Crippen LogP contribution in [-0.2, 0) is 14.8 Å². The second kappa shape index (κ2) is 19.4. The quantitative estimate of drug-likeness (QED) is 0.0762. The fraction of sp³-hybridized carbons (Fsp3) is 0.420. The number of hydrogen-bond acceptors (Lipinski definition) is 11. The van der Waals surface area contributed by atoms with Gasteiger partial charge in [-0.2, -0.15) is 0 Å². The molecule has 3 fully saturated rings. The van der Waals surface area contributed by atoms with Crippen molar-refractivity contribution < 1.29 is 27.6 Å². The summed E-state index contributed by atoms with van der Waals surface area (Å²) in [6.07, 6.45) is 8.61. The van der Waals surface area contributed by atoms with E-state index in [1.807, 2.05) is 42.6 Å². The van der Waals surface area contributed by atoms with Crippen molar-refractivity contribution in [3.63, 3.8) is 0 Å². The first-order valence-corrected chi connectivity index (χ1v) is 24.9. The van der Waals surface area contributed by atoms with Gasteiger partial charge in [0.25, 0.3) is 21.6 Å². The zero-order valence-corrected chi connectivity index (χ0v) is 39.1. The zero-order chi connectivity index (χ0) is 46.0. The molecule has 4 aromatic carbocycles. The molecule has 2 saturated heterocycles. The number of morpholine rings is 1. The molecule has 1 aromatic heterocycles. The van der Waals surface area contributed by atoms with Crippen molar-refractivity contribution in [1.82, 2.24) is 19.5 Å². The van der Waals surface area contributed by atoms with E-state index in [2.05, 4.69) is 55.7 Å². The Morgan fingerprint density at radius 1 is 0.924 bits per heavy atom. The minimum absolute atomic E-state index is 0.00233. The summed E-state index contributed by atoms with van der Waals surface area (Å²) in [7, 11) is -4.56. The van der Waals surface area contributed by atoms with Gasteiger partial charge in [-0.1, -0.05) is 43.2 Å². The standard InChI is InChI=1S/C50H58ClN7O7S/c1-50(2)19-17-36(44(32-50)34-3-5-37(51)6-4-34)33-55-21-23-56(24-22-55)40-11-14-43(48(30-40)65-41-12-15-45-35(29-41)18-20-52-45)49(59)54-66(62,63)42-13-16-46(47(31-42)58(60)61)53-38-7-9-39(10-8-38)57-25-27-64-28-26-57/h3-6,11-16,18,20,29-31,38-39,52-53H,7-10,17,19,21-28,32-33H2,1-2H3,(H,54,59)/t38-,39-. The van der Waals surface area contributed by atoms with E-state index in [9.17, 15) is 23.3 Å². The van der Waals surface area contributed by atoms with E-state index in [1.54, 1.807) is 18.2 Å². The van der Waals surface area contributed by atoms with Crippen molar-refractivity contribution in [2.24, 2.45) is 5.41 Å². The minimum Gasteiger partial charge on any atom is -0.456 e. The van der Waals surface area contributed by atoms with Crippen molar-refractivity contribution in [1.29, 1.82) is 0 Å². The molecule has 0 bridgehead atoms. The normalized spacial score (nSPS) is 20.9. The molecule has 0 radical (unpaired) electrons. The molecular formula is C50H58ClN7O7S. The van der Waals surface area contributed by atoms with E-state index >= 15 is 0 Å². The molecule has 1 amide bonds. The fourth-order valence-corrected chi connectivity index (χ4v) is 11.1. The number of benzene rings is 4. The second-order valence-corrected chi connectivity index (χ2v) is 21.0. The zero-order valence-electron chi connectivity index (χ0n) is 37.6. The molecule has 3 N–H and O–H groups in total. The van der Waals surface area contributed by atoms with E-state index in [1.165, 1.54) is 28.8 Å². The number of piperazine rings is 1. The fourth-order valence-electron chi connectivity index (χ4n) is 10.0. The van der Waals surface area contributed by atoms with Gasteiger partial charge in [-0.25, -0.2) is 13.1 Å². The van der Waals surface area contributed by atoms with Crippen molar-refractivity contribution in [2.75, 3.05) is 69.2 Å². The highest BCUT2D eigenvalue weighted by Gasteiger charge is 2.32. The van der Waals surface area contributed by atoms with Gasteiger partial charge < -0.3 is 24.7 Å². The third-order valence-electron chi connectivity index (χ3n) is 13.8. The Labute approximate surface area is 391 Å². The number of ether oxygens (including phenoxy) is 2. The number of H-pyrrole nitrogens is 1. The van der Waals surface area contributed by atoms with E-state index in [4.69, 9.17) is 21.1 Å². The Hall–Kier alpha value is -5.45. The molecule has 2 aliphatic carbocycles. The Morgan fingerprint density at radius 2 is 1.68 bits per heavy atom. The number of fused-ring (bicyclic) bond motifs is 1. The molecule has 3 heterocycles. The summed E-state index contributed by atoms with van der Waals surface area (Å²) in [5.41, 5.74) is 5.96. The van der Waals surface area contributed by atoms with Crippen LogP contribution < -0.4 is 19.7 Å². The van der Waals surface area contributed by atoms with E-state index < -0.39 is 25.7 Å². The highest BCUT2D eigenvalue weighted by molar-refractivity contribution is 7.90. The van der Waals surface area contributed by atoms with Gasteiger partial charge in [0, 0.05) is 97.8 Å². The van der Waals surface area contributed by atoms with Crippen LogP contribution in [0.2, 0.25) is 5.02 Å². The third-order valence-corrected chi connectivity index (χ3v) is 15.4. The van der Waals surface area contributed by atoms with Crippen LogP contribution in [0.25, 0.3) is 16.5 Å². The van der Waals surface area contributed by atoms with Gasteiger partial charge in [0.15, 0.2) is 0 Å². The number of aromatic amines is 1. The summed E-state index contributed by atoms with van der Waals surface area (Å²) >= 11 is 6.26. The topological polar surface area (TPSA) is 162 Å². The van der Waals surface area contributed by atoms with Crippen LogP contribution in [0.1, 0.15) is 74.7 Å². The average Bonchev–Trinajstić information content (AvgIpc) is 3.79. The molecule has 9 rings (SSSR count). The van der Waals surface area contributed by atoms with Crippen molar-refractivity contribution >= 4 is 61.1 Å². The molecule has 348 valence electrons. The van der Waals surface area contributed by atoms with Crippen LogP contribution in [0.5, 0.6) is 11.5 Å². The molecule has 16 heteroatoms. The summed E-state index contributed by atoms with van der Waals surface area (Å²) in [6.45, 7) is 12.0. The van der Waals surface area contributed by atoms with Crippen molar-refractivity contribution in [2.45, 2.75) is 75.8 Å². The number of hydrogen-bond donors (Lipinski definition) is 3. The number of aromatic nitrogens is 1. The highest BCUT2D eigenvalue weighted by atomic mass is 35.5. The Bertz CT molecular complexity index is 2720. The van der Waals surface area contributed by atoms with E-state index in [0.717, 1.165) is 132 Å². The summed E-state index contributed by atoms with van der Waals surface area (Å²) in [4.78, 5) is 35.8. The van der Waals surface area contributed by atoms with Gasteiger partial charge in [0.05, 0.1) is 28.6 Å². The summed E-state index contributed by atoms with van der Waals surface area (Å²) < 4.78 is 41.8. The first-order valence-electron chi connectivity index (χ1n) is 23.0. The number of carbonyl (C=O) groups excluding carboxylic acids is 1. The maximum absolute atomic E-state index is 14.0. The van der Waals surface area contributed by atoms with Crippen LogP contribution in [0.15, 0.2) is 102 Å². The van der Waals surface area contributed by atoms with Gasteiger partial charge in [-0.15, -0.1) is 0 Å². The van der Waals surface area contributed by atoms with Crippen LogP contribution in [0.4, 0.5) is 17.1 Å². The lowest BCUT2D eigenvalue weighted by Crippen LogP contribution is -2.47. The molecule has 14 nitrogen and oxygen atoms in total. The number of rotatable bonds is 13. The number of allylic oxidation sites excluding steroid dienone is 1. The smallest absolute Gasteiger partial charge is 0.293 e. The summed E-state index contributed by atoms with van der Waals surface area (Å²) in [5.74, 6) is -0.282. The van der Waals surface area contributed by atoms with Gasteiger partial charge in [0.1, 0.15) is 17.2 Å².